The van der Waals surface area contributed by atoms with E-state index in [1.807, 2.05) is 24.3 Å². The zero-order valence-corrected chi connectivity index (χ0v) is 11.4. The Bertz CT molecular complexity index is 555. The highest BCUT2D eigenvalue weighted by molar-refractivity contribution is 5.28. The van der Waals surface area contributed by atoms with E-state index < -0.39 is 11.9 Å². The van der Waals surface area contributed by atoms with Crippen molar-refractivity contribution in [3.05, 3.63) is 59.4 Å². The van der Waals surface area contributed by atoms with Gasteiger partial charge in [-0.2, -0.15) is 13.8 Å². The Balaban J connectivity index is 1.93. The smallest absolute Gasteiger partial charge is 0.218 e. The Morgan fingerprint density at radius 1 is 1.00 bits per heavy atom. The fourth-order valence-corrected chi connectivity index (χ4v) is 1.88. The van der Waals surface area contributed by atoms with Crippen molar-refractivity contribution >= 4 is 0 Å². The second kappa shape index (κ2) is 6.98. The standard InChI is InChI=1S/C16H17F2NO/c1-2-11-20-14-8-4-12(5-9-14)3-6-13-7-10-15(17)19-16(13)18/h4-5,7-10H,2-3,6,11H2,1H3. The first kappa shape index (κ1) is 14.4. The van der Waals surface area contributed by atoms with Crippen LogP contribution in [-0.2, 0) is 12.8 Å². The Morgan fingerprint density at radius 2 is 1.75 bits per heavy atom. The largest absolute Gasteiger partial charge is 0.494 e. The molecule has 1 aromatic heterocycles. The molecule has 0 saturated heterocycles. The van der Waals surface area contributed by atoms with Crippen LogP contribution in [0.15, 0.2) is 36.4 Å². The molecule has 4 heteroatoms. The van der Waals surface area contributed by atoms with Gasteiger partial charge in [0.15, 0.2) is 0 Å². The van der Waals surface area contributed by atoms with Gasteiger partial charge in [-0.05, 0) is 49.1 Å². The average Bonchev–Trinajstić information content (AvgIpc) is 2.45. The molecule has 0 aliphatic carbocycles. The topological polar surface area (TPSA) is 22.1 Å². The van der Waals surface area contributed by atoms with Crippen molar-refractivity contribution in [1.29, 1.82) is 0 Å². The maximum atomic E-state index is 13.4. The van der Waals surface area contributed by atoms with E-state index in [1.54, 1.807) is 0 Å². The molecular weight excluding hydrogens is 260 g/mol. The van der Waals surface area contributed by atoms with Crippen molar-refractivity contribution in [2.75, 3.05) is 6.61 Å². The molecule has 0 aliphatic heterocycles. The van der Waals surface area contributed by atoms with Gasteiger partial charge in [0.2, 0.25) is 11.9 Å². The lowest BCUT2D eigenvalue weighted by atomic mass is 10.1. The van der Waals surface area contributed by atoms with Gasteiger partial charge >= 0.3 is 0 Å². The van der Waals surface area contributed by atoms with E-state index in [4.69, 9.17) is 4.74 Å². The number of pyridine rings is 1. The Kier molecular flexibility index (Phi) is 5.04. The highest BCUT2D eigenvalue weighted by atomic mass is 19.1. The molecular formula is C16H17F2NO. The van der Waals surface area contributed by atoms with Crippen molar-refractivity contribution < 1.29 is 13.5 Å². The molecule has 0 fully saturated rings. The number of rotatable bonds is 6. The molecule has 0 bridgehead atoms. The van der Waals surface area contributed by atoms with Gasteiger partial charge in [0.1, 0.15) is 5.75 Å². The second-order valence-corrected chi connectivity index (χ2v) is 4.58. The van der Waals surface area contributed by atoms with Gasteiger partial charge in [0.25, 0.3) is 0 Å². The van der Waals surface area contributed by atoms with Crippen LogP contribution in [0.2, 0.25) is 0 Å². The van der Waals surface area contributed by atoms with E-state index in [0.29, 0.717) is 25.0 Å². The number of benzene rings is 1. The van der Waals surface area contributed by atoms with Crippen molar-refractivity contribution in [3.8, 4) is 5.75 Å². The molecule has 0 unspecified atom stereocenters. The Morgan fingerprint density at radius 3 is 2.40 bits per heavy atom. The van der Waals surface area contributed by atoms with E-state index in [9.17, 15) is 8.78 Å². The Hall–Kier alpha value is -1.97. The fraction of sp³-hybridized carbons (Fsp3) is 0.312. The maximum Gasteiger partial charge on any atom is 0.218 e. The molecule has 0 aliphatic rings. The van der Waals surface area contributed by atoms with Crippen molar-refractivity contribution in [2.45, 2.75) is 26.2 Å². The zero-order valence-electron chi connectivity index (χ0n) is 11.4. The summed E-state index contributed by atoms with van der Waals surface area (Å²) >= 11 is 0. The molecule has 0 saturated carbocycles. The van der Waals surface area contributed by atoms with Crippen LogP contribution in [0.1, 0.15) is 24.5 Å². The molecule has 20 heavy (non-hydrogen) atoms. The van der Waals surface area contributed by atoms with Crippen LogP contribution in [0.3, 0.4) is 0 Å². The lowest BCUT2D eigenvalue weighted by molar-refractivity contribution is 0.317. The van der Waals surface area contributed by atoms with E-state index in [1.165, 1.54) is 12.1 Å². The highest BCUT2D eigenvalue weighted by Gasteiger charge is 2.05. The third-order valence-electron chi connectivity index (χ3n) is 2.97. The van der Waals surface area contributed by atoms with Gasteiger partial charge in [0, 0.05) is 5.56 Å². The molecule has 0 amide bonds. The van der Waals surface area contributed by atoms with Crippen LogP contribution in [0, 0.1) is 11.9 Å². The minimum Gasteiger partial charge on any atom is -0.494 e. The predicted octanol–water partition coefficient (Wildman–Crippen LogP) is 3.93. The number of hydrogen-bond donors (Lipinski definition) is 0. The summed E-state index contributed by atoms with van der Waals surface area (Å²) in [5, 5.41) is 0. The van der Waals surface area contributed by atoms with Crippen molar-refractivity contribution in [2.24, 2.45) is 0 Å². The summed E-state index contributed by atoms with van der Waals surface area (Å²) in [4.78, 5) is 3.18. The molecule has 2 aromatic rings. The Labute approximate surface area is 117 Å². The van der Waals surface area contributed by atoms with Crippen molar-refractivity contribution in [3.63, 3.8) is 0 Å². The average molecular weight is 277 g/mol. The quantitative estimate of drug-likeness (QED) is 0.746. The fourth-order valence-electron chi connectivity index (χ4n) is 1.88. The summed E-state index contributed by atoms with van der Waals surface area (Å²) in [6.07, 6.45) is 2.14. The number of aryl methyl sites for hydroxylation is 2. The van der Waals surface area contributed by atoms with Crippen LogP contribution in [0.4, 0.5) is 8.78 Å². The monoisotopic (exact) mass is 277 g/mol. The minimum atomic E-state index is -0.788. The first-order chi connectivity index (χ1) is 9.69. The van der Waals surface area contributed by atoms with E-state index in [2.05, 4.69) is 11.9 Å². The maximum absolute atomic E-state index is 13.4. The summed E-state index contributed by atoms with van der Waals surface area (Å²) in [5.41, 5.74) is 1.51. The SMILES string of the molecule is CCCOc1ccc(CCc2ccc(F)nc2F)cc1. The first-order valence-corrected chi connectivity index (χ1v) is 6.71. The molecule has 2 rings (SSSR count). The number of halogens is 2. The molecule has 0 spiro atoms. The minimum absolute atomic E-state index is 0.428. The van der Waals surface area contributed by atoms with Crippen LogP contribution >= 0.6 is 0 Å². The summed E-state index contributed by atoms with van der Waals surface area (Å²) in [5.74, 6) is -0.679. The number of aromatic nitrogens is 1. The van der Waals surface area contributed by atoms with Gasteiger partial charge in [-0.3, -0.25) is 0 Å². The predicted molar refractivity (Wildman–Crippen MR) is 73.8 cm³/mol. The molecule has 0 N–H and O–H groups in total. The van der Waals surface area contributed by atoms with E-state index >= 15 is 0 Å². The molecule has 2 nitrogen and oxygen atoms in total. The number of ether oxygens (including phenoxy) is 1. The first-order valence-electron chi connectivity index (χ1n) is 6.71. The third-order valence-corrected chi connectivity index (χ3v) is 2.97. The van der Waals surface area contributed by atoms with E-state index in [0.717, 1.165) is 17.7 Å². The van der Waals surface area contributed by atoms with E-state index in [-0.39, 0.29) is 0 Å². The summed E-state index contributed by atoms with van der Waals surface area (Å²) in [6.45, 7) is 2.76. The van der Waals surface area contributed by atoms with Crippen molar-refractivity contribution in [1.82, 2.24) is 4.98 Å². The van der Waals surface area contributed by atoms with Crippen LogP contribution in [0.5, 0.6) is 5.75 Å². The number of nitrogens with zero attached hydrogens (tertiary/aromatic N) is 1. The van der Waals surface area contributed by atoms with Crippen LogP contribution < -0.4 is 4.74 Å². The van der Waals surface area contributed by atoms with Gasteiger partial charge in [0.05, 0.1) is 6.61 Å². The molecule has 106 valence electrons. The van der Waals surface area contributed by atoms with Gasteiger partial charge in [-0.25, -0.2) is 0 Å². The van der Waals surface area contributed by atoms with Crippen LogP contribution in [-0.4, -0.2) is 11.6 Å². The van der Waals surface area contributed by atoms with Gasteiger partial charge in [-0.15, -0.1) is 0 Å². The lowest BCUT2D eigenvalue weighted by Gasteiger charge is -2.06. The third kappa shape index (κ3) is 4.02. The summed E-state index contributed by atoms with van der Waals surface area (Å²) in [7, 11) is 0. The number of hydrogen-bond acceptors (Lipinski definition) is 2. The normalized spacial score (nSPS) is 10.6. The van der Waals surface area contributed by atoms with Crippen LogP contribution in [0.25, 0.3) is 0 Å². The van der Waals surface area contributed by atoms with Gasteiger partial charge in [-0.1, -0.05) is 19.1 Å². The molecule has 1 aromatic carbocycles. The molecule has 0 atom stereocenters. The summed E-state index contributed by atoms with van der Waals surface area (Å²) < 4.78 is 31.6. The molecule has 0 radical (unpaired) electrons. The lowest BCUT2D eigenvalue weighted by Crippen LogP contribution is -1.99. The highest BCUT2D eigenvalue weighted by Crippen LogP contribution is 2.15. The molecule has 1 heterocycles. The second-order valence-electron chi connectivity index (χ2n) is 4.58. The zero-order chi connectivity index (χ0) is 14.4. The van der Waals surface area contributed by atoms with Gasteiger partial charge < -0.3 is 4.74 Å². The summed E-state index contributed by atoms with van der Waals surface area (Å²) in [6, 6.07) is 10.4.